The van der Waals surface area contributed by atoms with Gasteiger partial charge in [0.1, 0.15) is 5.75 Å². The molecule has 1 aliphatic rings. The molecule has 0 aromatic heterocycles. The summed E-state index contributed by atoms with van der Waals surface area (Å²) in [5.41, 5.74) is 0.680. The molecule has 2 unspecified atom stereocenters. The molecule has 4 heteroatoms. The van der Waals surface area contributed by atoms with Crippen molar-refractivity contribution in [3.63, 3.8) is 0 Å². The molecule has 0 spiro atoms. The fourth-order valence-electron chi connectivity index (χ4n) is 3.38. The minimum Gasteiger partial charge on any atom is -0.484 e. The zero-order valence-electron chi connectivity index (χ0n) is 14.8. The smallest absolute Gasteiger partial charge is 0.258 e. The average Bonchev–Trinajstić information content (AvgIpc) is 3.04. The largest absolute Gasteiger partial charge is 0.484 e. The van der Waals surface area contributed by atoms with Crippen molar-refractivity contribution in [1.82, 2.24) is 5.32 Å². The molecular formula is C20H29NO3. The highest BCUT2D eigenvalue weighted by molar-refractivity contribution is 5.95. The maximum atomic E-state index is 12.1. The van der Waals surface area contributed by atoms with Crippen LogP contribution >= 0.6 is 0 Å². The number of Topliss-reactive ketones (excluding diaryl/α,β-unsaturated/α-hetero) is 1. The quantitative estimate of drug-likeness (QED) is 0.692. The second-order valence-electron chi connectivity index (χ2n) is 6.60. The Labute approximate surface area is 145 Å². The van der Waals surface area contributed by atoms with Gasteiger partial charge in [-0.3, -0.25) is 9.59 Å². The third kappa shape index (κ3) is 5.36. The van der Waals surface area contributed by atoms with Crippen LogP contribution in [0.4, 0.5) is 0 Å². The van der Waals surface area contributed by atoms with Crippen LogP contribution in [0.1, 0.15) is 69.2 Å². The molecule has 2 atom stereocenters. The van der Waals surface area contributed by atoms with Crippen molar-refractivity contribution < 1.29 is 14.3 Å². The van der Waals surface area contributed by atoms with Crippen molar-refractivity contribution in [3.05, 3.63) is 29.8 Å². The summed E-state index contributed by atoms with van der Waals surface area (Å²) in [5.74, 6) is 1.29. The second kappa shape index (κ2) is 9.45. The first kappa shape index (κ1) is 18.5. The van der Waals surface area contributed by atoms with E-state index in [9.17, 15) is 9.59 Å². The minimum atomic E-state index is -0.0582. The first-order chi connectivity index (χ1) is 11.6. The lowest BCUT2D eigenvalue weighted by atomic mass is 9.97. The normalized spacial score (nSPS) is 19.9. The Morgan fingerprint density at radius 2 is 1.92 bits per heavy atom. The maximum absolute atomic E-state index is 12.1. The van der Waals surface area contributed by atoms with Crippen molar-refractivity contribution in [2.45, 2.75) is 64.8 Å². The number of rotatable bonds is 9. The molecular weight excluding hydrogens is 302 g/mol. The van der Waals surface area contributed by atoms with Crippen LogP contribution in [-0.4, -0.2) is 24.3 Å². The summed E-state index contributed by atoms with van der Waals surface area (Å²) in [6.07, 6.45) is 7.63. The predicted molar refractivity (Wildman–Crippen MR) is 95.4 cm³/mol. The van der Waals surface area contributed by atoms with E-state index in [2.05, 4.69) is 12.2 Å². The molecule has 1 fully saturated rings. The van der Waals surface area contributed by atoms with Crippen molar-refractivity contribution >= 4 is 11.7 Å². The second-order valence-corrected chi connectivity index (χ2v) is 6.60. The zero-order chi connectivity index (χ0) is 17.4. The Balaban J connectivity index is 1.77. The number of hydrogen-bond acceptors (Lipinski definition) is 3. The highest BCUT2D eigenvalue weighted by atomic mass is 16.5. The van der Waals surface area contributed by atoms with Crippen molar-refractivity contribution in [2.24, 2.45) is 5.92 Å². The van der Waals surface area contributed by atoms with Gasteiger partial charge in [0.05, 0.1) is 0 Å². The molecule has 24 heavy (non-hydrogen) atoms. The summed E-state index contributed by atoms with van der Waals surface area (Å²) >= 11 is 0. The molecule has 0 heterocycles. The lowest BCUT2D eigenvalue weighted by molar-refractivity contribution is -0.124. The number of ether oxygens (including phenoxy) is 1. The van der Waals surface area contributed by atoms with E-state index >= 15 is 0 Å². The van der Waals surface area contributed by atoms with Gasteiger partial charge in [-0.2, -0.15) is 0 Å². The van der Waals surface area contributed by atoms with Gasteiger partial charge < -0.3 is 10.1 Å². The molecule has 2 rings (SSSR count). The van der Waals surface area contributed by atoms with E-state index in [0.29, 0.717) is 29.7 Å². The van der Waals surface area contributed by atoms with Crippen LogP contribution in [0.25, 0.3) is 0 Å². The summed E-state index contributed by atoms with van der Waals surface area (Å²) in [7, 11) is 0. The first-order valence-corrected chi connectivity index (χ1v) is 9.19. The lowest BCUT2D eigenvalue weighted by Crippen LogP contribution is -2.40. The van der Waals surface area contributed by atoms with Gasteiger partial charge in [0, 0.05) is 18.0 Å². The predicted octanol–water partition coefficient (Wildman–Crippen LogP) is 4.13. The molecule has 0 bridgehead atoms. The van der Waals surface area contributed by atoms with E-state index in [4.69, 9.17) is 4.74 Å². The van der Waals surface area contributed by atoms with E-state index < -0.39 is 0 Å². The molecule has 132 valence electrons. The molecule has 1 aliphatic carbocycles. The Hall–Kier alpha value is -1.84. The highest BCUT2D eigenvalue weighted by Gasteiger charge is 2.27. The van der Waals surface area contributed by atoms with Crippen molar-refractivity contribution in [1.29, 1.82) is 0 Å². The molecule has 1 aromatic rings. The summed E-state index contributed by atoms with van der Waals surface area (Å²) < 4.78 is 5.54. The number of carbonyl (C=O) groups excluding carboxylic acids is 2. The van der Waals surface area contributed by atoms with E-state index in [1.807, 2.05) is 6.92 Å². The number of carbonyl (C=O) groups is 2. The lowest BCUT2D eigenvalue weighted by Gasteiger charge is -2.21. The number of ketones is 1. The molecule has 1 amide bonds. The Morgan fingerprint density at radius 3 is 2.58 bits per heavy atom. The van der Waals surface area contributed by atoms with Gasteiger partial charge in [0.2, 0.25) is 0 Å². The van der Waals surface area contributed by atoms with Gasteiger partial charge in [0.25, 0.3) is 5.91 Å². The summed E-state index contributed by atoms with van der Waals surface area (Å²) in [5, 5.41) is 3.13. The van der Waals surface area contributed by atoms with Gasteiger partial charge in [-0.15, -0.1) is 0 Å². The van der Waals surface area contributed by atoms with Crippen LogP contribution in [0.5, 0.6) is 5.75 Å². The highest BCUT2D eigenvalue weighted by Crippen LogP contribution is 2.29. The maximum Gasteiger partial charge on any atom is 0.258 e. The first-order valence-electron chi connectivity index (χ1n) is 9.19. The van der Waals surface area contributed by atoms with Crippen LogP contribution in [-0.2, 0) is 4.79 Å². The summed E-state index contributed by atoms with van der Waals surface area (Å²) in [6.45, 7) is 4.07. The van der Waals surface area contributed by atoms with E-state index in [1.165, 1.54) is 32.1 Å². The molecule has 0 aliphatic heterocycles. The van der Waals surface area contributed by atoms with Gasteiger partial charge in [-0.1, -0.05) is 33.1 Å². The third-order valence-electron chi connectivity index (χ3n) is 4.80. The Bertz CT molecular complexity index is 538. The third-order valence-corrected chi connectivity index (χ3v) is 4.80. The molecule has 4 nitrogen and oxygen atoms in total. The molecule has 0 saturated heterocycles. The molecule has 1 N–H and O–H groups in total. The van der Waals surface area contributed by atoms with E-state index in [1.54, 1.807) is 24.3 Å². The summed E-state index contributed by atoms with van der Waals surface area (Å²) in [6, 6.07) is 7.29. The van der Waals surface area contributed by atoms with Crippen LogP contribution in [0.2, 0.25) is 0 Å². The number of unbranched alkanes of at least 4 members (excludes halogenated alkanes) is 1. The fourth-order valence-corrected chi connectivity index (χ4v) is 3.38. The van der Waals surface area contributed by atoms with Crippen molar-refractivity contribution in [2.75, 3.05) is 6.61 Å². The minimum absolute atomic E-state index is 0.0259. The fraction of sp³-hybridized carbons (Fsp3) is 0.600. The molecule has 0 radical (unpaired) electrons. The van der Waals surface area contributed by atoms with Gasteiger partial charge in [-0.05, 0) is 49.4 Å². The SMILES string of the molecule is CCCCC1CCCC1NC(=O)COc1ccc(C(=O)CC)cc1. The van der Waals surface area contributed by atoms with Crippen LogP contribution in [0, 0.1) is 5.92 Å². The number of nitrogens with one attached hydrogen (secondary N) is 1. The standard InChI is InChI=1S/C20H29NO3/c1-3-5-7-15-8-6-9-18(15)21-20(23)14-24-17-12-10-16(11-13-17)19(22)4-2/h10-13,15,18H,3-9,14H2,1-2H3,(H,21,23). The topological polar surface area (TPSA) is 55.4 Å². The zero-order valence-corrected chi connectivity index (χ0v) is 14.8. The molecule has 1 aromatic carbocycles. The van der Waals surface area contributed by atoms with Gasteiger partial charge >= 0.3 is 0 Å². The van der Waals surface area contributed by atoms with E-state index in [-0.39, 0.29) is 18.3 Å². The monoisotopic (exact) mass is 331 g/mol. The molecule has 1 saturated carbocycles. The number of hydrogen-bond donors (Lipinski definition) is 1. The van der Waals surface area contributed by atoms with Gasteiger partial charge in [0.15, 0.2) is 12.4 Å². The van der Waals surface area contributed by atoms with Crippen LogP contribution < -0.4 is 10.1 Å². The number of amides is 1. The van der Waals surface area contributed by atoms with Gasteiger partial charge in [-0.25, -0.2) is 0 Å². The average molecular weight is 331 g/mol. The van der Waals surface area contributed by atoms with Crippen molar-refractivity contribution in [3.8, 4) is 5.75 Å². The van der Waals surface area contributed by atoms with E-state index in [0.717, 1.165) is 6.42 Å². The number of benzene rings is 1. The summed E-state index contributed by atoms with van der Waals surface area (Å²) in [4.78, 5) is 23.7. The van der Waals surface area contributed by atoms with Crippen LogP contribution in [0.3, 0.4) is 0 Å². The van der Waals surface area contributed by atoms with Crippen LogP contribution in [0.15, 0.2) is 24.3 Å². The Morgan fingerprint density at radius 1 is 1.17 bits per heavy atom. The Kier molecular flexibility index (Phi) is 7.29.